The third-order valence-corrected chi connectivity index (χ3v) is 7.69. The minimum Gasteiger partial charge on any atom is -0.335 e. The van der Waals surface area contributed by atoms with Crippen LogP contribution in [0.1, 0.15) is 53.0 Å². The van der Waals surface area contributed by atoms with E-state index in [0.717, 1.165) is 38.9 Å². The summed E-state index contributed by atoms with van der Waals surface area (Å²) in [5.74, 6) is 0.933. The Morgan fingerprint density at radius 1 is 0.912 bits per heavy atom. The van der Waals surface area contributed by atoms with Crippen LogP contribution in [-0.2, 0) is 11.2 Å². The zero-order valence-electron chi connectivity index (χ0n) is 19.8. The minimum atomic E-state index is -0.0366. The summed E-state index contributed by atoms with van der Waals surface area (Å²) in [6.45, 7) is 6.33. The Morgan fingerprint density at radius 3 is 2.32 bits per heavy atom. The van der Waals surface area contributed by atoms with Crippen LogP contribution in [0.15, 0.2) is 97.6 Å². The Morgan fingerprint density at radius 2 is 1.59 bits per heavy atom. The maximum Gasteiger partial charge on any atom is 0.228 e. The lowest BCUT2D eigenvalue weighted by Gasteiger charge is -2.42. The van der Waals surface area contributed by atoms with Gasteiger partial charge in [0.15, 0.2) is 0 Å². The van der Waals surface area contributed by atoms with Gasteiger partial charge in [-0.2, -0.15) is 0 Å². The van der Waals surface area contributed by atoms with Gasteiger partial charge in [-0.1, -0.05) is 91.0 Å². The van der Waals surface area contributed by atoms with Crippen LogP contribution >= 0.6 is 0 Å². The summed E-state index contributed by atoms with van der Waals surface area (Å²) in [5.41, 5.74) is 5.20. The van der Waals surface area contributed by atoms with E-state index in [2.05, 4.69) is 102 Å². The number of allylic oxidation sites excluding steroid dienone is 1. The third-order valence-electron chi connectivity index (χ3n) is 7.69. The molecule has 0 unspecified atom stereocenters. The molecule has 2 aliphatic rings. The number of hydrogen-bond donors (Lipinski definition) is 1. The maximum atomic E-state index is 14.1. The first kappa shape index (κ1) is 22.6. The van der Waals surface area contributed by atoms with E-state index in [1.807, 2.05) is 6.08 Å². The molecule has 3 heteroatoms. The summed E-state index contributed by atoms with van der Waals surface area (Å²) in [5, 5.41) is 3.53. The molecule has 174 valence electrons. The van der Waals surface area contributed by atoms with Crippen LogP contribution in [0.3, 0.4) is 0 Å². The molecule has 2 saturated heterocycles. The lowest BCUT2D eigenvalue weighted by atomic mass is 9.80. The topological polar surface area (TPSA) is 32.3 Å². The first-order chi connectivity index (χ1) is 16.8. The Hall–Kier alpha value is -3.17. The van der Waals surface area contributed by atoms with Gasteiger partial charge in [0.1, 0.15) is 0 Å². The molecule has 5 rings (SSSR count). The van der Waals surface area contributed by atoms with Crippen LogP contribution in [0.25, 0.3) is 0 Å². The number of benzene rings is 3. The van der Waals surface area contributed by atoms with Gasteiger partial charge < -0.3 is 10.2 Å². The molecule has 0 bridgehead atoms. The summed E-state index contributed by atoms with van der Waals surface area (Å²) in [7, 11) is 0. The van der Waals surface area contributed by atoms with Crippen LogP contribution in [0.2, 0.25) is 0 Å². The van der Waals surface area contributed by atoms with Crippen LogP contribution in [-0.4, -0.2) is 30.4 Å². The molecule has 0 saturated carbocycles. The predicted molar refractivity (Wildman–Crippen MR) is 139 cm³/mol. The average Bonchev–Trinajstić information content (AvgIpc) is 3.39. The van der Waals surface area contributed by atoms with Gasteiger partial charge in [0.2, 0.25) is 5.91 Å². The fourth-order valence-corrected chi connectivity index (χ4v) is 5.96. The minimum absolute atomic E-state index is 0.0366. The number of carbonyl (C=O) groups excluding carboxylic acids is 1. The monoisotopic (exact) mass is 450 g/mol. The van der Waals surface area contributed by atoms with Crippen molar-refractivity contribution < 1.29 is 4.79 Å². The number of hydrogen-bond acceptors (Lipinski definition) is 2. The molecular weight excluding hydrogens is 416 g/mol. The van der Waals surface area contributed by atoms with Gasteiger partial charge >= 0.3 is 0 Å². The van der Waals surface area contributed by atoms with Gasteiger partial charge in [-0.25, -0.2) is 0 Å². The van der Waals surface area contributed by atoms with Gasteiger partial charge in [-0.3, -0.25) is 4.79 Å². The quantitative estimate of drug-likeness (QED) is 0.477. The van der Waals surface area contributed by atoms with Gasteiger partial charge in [-0.05, 0) is 47.4 Å². The van der Waals surface area contributed by atoms with Crippen molar-refractivity contribution in [1.29, 1.82) is 0 Å². The summed E-state index contributed by atoms with van der Waals surface area (Å²) in [4.78, 5) is 16.3. The second kappa shape index (κ2) is 10.4. The average molecular weight is 451 g/mol. The highest BCUT2D eigenvalue weighted by molar-refractivity contribution is 5.81. The fraction of sp³-hybridized carbons (Fsp3) is 0.323. The molecular formula is C31H34N2O. The van der Waals surface area contributed by atoms with Crippen molar-refractivity contribution in [2.24, 2.45) is 5.92 Å². The van der Waals surface area contributed by atoms with Crippen LogP contribution in [0, 0.1) is 5.92 Å². The summed E-state index contributed by atoms with van der Waals surface area (Å²) in [6.07, 6.45) is 4.77. The van der Waals surface area contributed by atoms with Gasteiger partial charge in [0.05, 0.1) is 12.0 Å². The normalized spacial score (nSPS) is 24.6. The van der Waals surface area contributed by atoms with E-state index in [-0.39, 0.29) is 17.9 Å². The molecule has 0 aliphatic carbocycles. The van der Waals surface area contributed by atoms with Crippen molar-refractivity contribution in [1.82, 2.24) is 10.2 Å². The van der Waals surface area contributed by atoms with Crippen LogP contribution in [0.4, 0.5) is 0 Å². The van der Waals surface area contributed by atoms with E-state index in [1.165, 1.54) is 22.3 Å². The zero-order chi connectivity index (χ0) is 23.3. The predicted octanol–water partition coefficient (Wildman–Crippen LogP) is 5.87. The van der Waals surface area contributed by atoms with Crippen molar-refractivity contribution in [3.05, 3.63) is 120 Å². The van der Waals surface area contributed by atoms with E-state index in [1.54, 1.807) is 0 Å². The molecule has 2 aliphatic heterocycles. The molecule has 1 amide bonds. The SMILES string of the molecule is C=CCc1ccccc1[C@@H]1CNC[C@H]1C(=O)N1CC[C@H](c2ccccc2)C[C@@H]1c1ccccc1. The van der Waals surface area contributed by atoms with E-state index in [4.69, 9.17) is 0 Å². The molecule has 3 aromatic rings. The molecule has 2 heterocycles. The van der Waals surface area contributed by atoms with Crippen molar-refractivity contribution >= 4 is 5.91 Å². The maximum absolute atomic E-state index is 14.1. The largest absolute Gasteiger partial charge is 0.335 e. The highest BCUT2D eigenvalue weighted by Gasteiger charge is 2.41. The Bertz CT molecular complexity index is 1110. The fourth-order valence-electron chi connectivity index (χ4n) is 5.96. The lowest BCUT2D eigenvalue weighted by molar-refractivity contribution is -0.139. The highest BCUT2D eigenvalue weighted by atomic mass is 16.2. The number of carbonyl (C=O) groups is 1. The Kier molecular flexibility index (Phi) is 6.92. The second-order valence-electron chi connectivity index (χ2n) is 9.65. The van der Waals surface area contributed by atoms with Gasteiger partial charge in [-0.15, -0.1) is 6.58 Å². The molecule has 3 aromatic carbocycles. The van der Waals surface area contributed by atoms with E-state index >= 15 is 0 Å². The summed E-state index contributed by atoms with van der Waals surface area (Å²) in [6, 6.07) is 30.1. The summed E-state index contributed by atoms with van der Waals surface area (Å²) < 4.78 is 0. The van der Waals surface area contributed by atoms with E-state index < -0.39 is 0 Å². The molecule has 3 nitrogen and oxygen atoms in total. The van der Waals surface area contributed by atoms with Gasteiger partial charge in [0, 0.05) is 25.6 Å². The molecule has 0 spiro atoms. The number of rotatable bonds is 6. The first-order valence-corrected chi connectivity index (χ1v) is 12.6. The molecule has 2 fully saturated rings. The van der Waals surface area contributed by atoms with Crippen molar-refractivity contribution in [3.8, 4) is 0 Å². The van der Waals surface area contributed by atoms with Crippen LogP contribution < -0.4 is 5.32 Å². The van der Waals surface area contributed by atoms with Crippen molar-refractivity contribution in [3.63, 3.8) is 0 Å². The molecule has 34 heavy (non-hydrogen) atoms. The van der Waals surface area contributed by atoms with Crippen molar-refractivity contribution in [2.75, 3.05) is 19.6 Å². The molecule has 0 aromatic heterocycles. The first-order valence-electron chi connectivity index (χ1n) is 12.6. The van der Waals surface area contributed by atoms with Crippen LogP contribution in [0.5, 0.6) is 0 Å². The number of nitrogens with one attached hydrogen (secondary N) is 1. The number of likely N-dealkylation sites (tertiary alicyclic amines) is 1. The van der Waals surface area contributed by atoms with Gasteiger partial charge in [0.25, 0.3) is 0 Å². The Balaban J connectivity index is 1.43. The number of amides is 1. The Labute approximate surface area is 203 Å². The molecule has 0 radical (unpaired) electrons. The lowest BCUT2D eigenvalue weighted by Crippen LogP contribution is -2.45. The van der Waals surface area contributed by atoms with E-state index in [0.29, 0.717) is 11.8 Å². The third kappa shape index (κ3) is 4.58. The summed E-state index contributed by atoms with van der Waals surface area (Å²) >= 11 is 0. The van der Waals surface area contributed by atoms with E-state index in [9.17, 15) is 4.79 Å². The molecule has 1 N–H and O–H groups in total. The number of nitrogens with zero attached hydrogens (tertiary/aromatic N) is 1. The molecule has 4 atom stereocenters. The number of piperidine rings is 1. The highest BCUT2D eigenvalue weighted by Crippen LogP contribution is 2.42. The second-order valence-corrected chi connectivity index (χ2v) is 9.65. The standard InChI is InChI=1S/C31H34N2O/c1-2-11-24-14-9-10-17-27(24)28-21-32-22-29(28)31(34)33-19-18-26(23-12-5-3-6-13-23)20-30(33)25-15-7-4-8-16-25/h2-10,12-17,26,28-30,32H,1,11,18-22H2/t26-,28-,29+,30+/m0/s1. The van der Waals surface area contributed by atoms with Crippen molar-refractivity contribution in [2.45, 2.75) is 37.1 Å². The zero-order valence-corrected chi connectivity index (χ0v) is 19.8. The smallest absolute Gasteiger partial charge is 0.228 e.